The van der Waals surface area contributed by atoms with Crippen molar-refractivity contribution >= 4 is 5.57 Å². The molecule has 2 heterocycles. The molecule has 0 saturated heterocycles. The Balaban J connectivity index is 2.27. The number of fused-ring (bicyclic) bond motifs is 1. The highest BCUT2D eigenvalue weighted by Crippen LogP contribution is 2.49. The Morgan fingerprint density at radius 1 is 1.28 bits per heavy atom. The molecule has 1 aromatic rings. The first-order valence-electron chi connectivity index (χ1n) is 6.37. The molecule has 0 fully saturated rings. The Morgan fingerprint density at radius 2 is 2.06 bits per heavy atom. The molecule has 1 unspecified atom stereocenters. The van der Waals surface area contributed by atoms with Crippen LogP contribution in [-0.2, 0) is 6.42 Å². The Kier molecular flexibility index (Phi) is 2.69. The van der Waals surface area contributed by atoms with Crippen LogP contribution >= 0.6 is 0 Å². The van der Waals surface area contributed by atoms with E-state index in [1.807, 2.05) is 6.07 Å². The van der Waals surface area contributed by atoms with Crippen LogP contribution in [0, 0.1) is 0 Å². The van der Waals surface area contributed by atoms with E-state index in [0.717, 1.165) is 59.6 Å². The lowest BCUT2D eigenvalue weighted by Crippen LogP contribution is -2.21. The van der Waals surface area contributed by atoms with Crippen LogP contribution in [0.5, 0.6) is 17.2 Å². The molecule has 2 aliphatic rings. The van der Waals surface area contributed by atoms with Crippen molar-refractivity contribution in [1.29, 1.82) is 0 Å². The van der Waals surface area contributed by atoms with Crippen molar-refractivity contribution in [2.75, 3.05) is 14.2 Å². The largest absolute Gasteiger partial charge is 0.496 e. The van der Waals surface area contributed by atoms with Gasteiger partial charge in [0.25, 0.3) is 0 Å². The van der Waals surface area contributed by atoms with Gasteiger partial charge < -0.3 is 14.2 Å². The average Bonchev–Trinajstić information content (AvgIpc) is 2.56. The minimum Gasteiger partial charge on any atom is -0.496 e. The minimum atomic E-state index is 0.267. The van der Waals surface area contributed by atoms with E-state index in [-0.39, 0.29) is 6.10 Å². The molecule has 18 heavy (non-hydrogen) atoms. The van der Waals surface area contributed by atoms with Gasteiger partial charge in [-0.3, -0.25) is 0 Å². The van der Waals surface area contributed by atoms with E-state index in [9.17, 15) is 0 Å². The molecule has 3 rings (SSSR count). The van der Waals surface area contributed by atoms with Crippen LogP contribution in [0.2, 0.25) is 0 Å². The van der Waals surface area contributed by atoms with Crippen LogP contribution in [0.25, 0.3) is 5.57 Å². The maximum Gasteiger partial charge on any atom is 0.137 e. The minimum absolute atomic E-state index is 0.267. The summed E-state index contributed by atoms with van der Waals surface area (Å²) in [4.78, 5) is 0. The molecule has 96 valence electrons. The number of hydrogen-bond acceptors (Lipinski definition) is 3. The highest BCUT2D eigenvalue weighted by Gasteiger charge is 2.32. The predicted molar refractivity (Wildman–Crippen MR) is 70.6 cm³/mol. The Morgan fingerprint density at radius 3 is 2.78 bits per heavy atom. The summed E-state index contributed by atoms with van der Waals surface area (Å²) in [5, 5.41) is 0. The van der Waals surface area contributed by atoms with Crippen LogP contribution in [0.3, 0.4) is 0 Å². The van der Waals surface area contributed by atoms with Crippen molar-refractivity contribution < 1.29 is 14.2 Å². The summed E-state index contributed by atoms with van der Waals surface area (Å²) >= 11 is 0. The predicted octanol–water partition coefficient (Wildman–Crippen LogP) is 3.20. The standard InChI is InChI=1S/C15H18O3/c1-9-7-10-5-4-6-11-12(16-2)8-13(17-3)14(9)15(11)18-10/h8,10H,1,4-7H2,2-3H3. The van der Waals surface area contributed by atoms with E-state index < -0.39 is 0 Å². The maximum atomic E-state index is 6.11. The Bertz CT molecular complexity index is 505. The molecule has 3 nitrogen and oxygen atoms in total. The highest BCUT2D eigenvalue weighted by atomic mass is 16.5. The van der Waals surface area contributed by atoms with Gasteiger partial charge in [0.1, 0.15) is 23.4 Å². The molecular formula is C15H18O3. The summed E-state index contributed by atoms with van der Waals surface area (Å²) in [7, 11) is 3.37. The zero-order valence-electron chi connectivity index (χ0n) is 10.9. The normalized spacial score (nSPS) is 21.0. The molecule has 3 heteroatoms. The molecule has 0 radical (unpaired) electrons. The van der Waals surface area contributed by atoms with E-state index in [1.165, 1.54) is 0 Å². The van der Waals surface area contributed by atoms with E-state index in [0.29, 0.717) is 0 Å². The van der Waals surface area contributed by atoms with E-state index in [2.05, 4.69) is 6.58 Å². The van der Waals surface area contributed by atoms with Gasteiger partial charge >= 0.3 is 0 Å². The van der Waals surface area contributed by atoms with Gasteiger partial charge in [-0.15, -0.1) is 0 Å². The van der Waals surface area contributed by atoms with Crippen molar-refractivity contribution in [1.82, 2.24) is 0 Å². The number of hydrogen-bond donors (Lipinski definition) is 0. The molecule has 0 spiro atoms. The number of rotatable bonds is 2. The summed E-state index contributed by atoms with van der Waals surface area (Å²) < 4.78 is 17.0. The smallest absolute Gasteiger partial charge is 0.137 e. The number of benzene rings is 1. The third-order valence-corrected chi connectivity index (χ3v) is 3.81. The van der Waals surface area contributed by atoms with Gasteiger partial charge in [-0.05, 0) is 24.8 Å². The number of methoxy groups -OCH3 is 2. The maximum absolute atomic E-state index is 6.11. The van der Waals surface area contributed by atoms with Crippen molar-refractivity contribution in [3.63, 3.8) is 0 Å². The van der Waals surface area contributed by atoms with Gasteiger partial charge in [-0.25, -0.2) is 0 Å². The molecular weight excluding hydrogens is 228 g/mol. The van der Waals surface area contributed by atoms with Crippen molar-refractivity contribution in [2.45, 2.75) is 31.8 Å². The van der Waals surface area contributed by atoms with Gasteiger partial charge in [-0.1, -0.05) is 6.58 Å². The molecule has 2 bridgehead atoms. The first kappa shape index (κ1) is 11.5. The molecule has 0 saturated carbocycles. The van der Waals surface area contributed by atoms with Crippen molar-refractivity contribution in [3.05, 3.63) is 23.8 Å². The van der Waals surface area contributed by atoms with Crippen LogP contribution < -0.4 is 14.2 Å². The van der Waals surface area contributed by atoms with Crippen LogP contribution in [0.15, 0.2) is 12.6 Å². The van der Waals surface area contributed by atoms with Crippen LogP contribution in [-0.4, -0.2) is 20.3 Å². The van der Waals surface area contributed by atoms with Gasteiger partial charge in [0.15, 0.2) is 0 Å². The Hall–Kier alpha value is -1.64. The fraction of sp³-hybridized carbons (Fsp3) is 0.467. The van der Waals surface area contributed by atoms with Gasteiger partial charge in [0.05, 0.1) is 19.8 Å². The molecule has 1 atom stereocenters. The zero-order valence-corrected chi connectivity index (χ0v) is 10.9. The van der Waals surface area contributed by atoms with Gasteiger partial charge in [0.2, 0.25) is 0 Å². The summed E-state index contributed by atoms with van der Waals surface area (Å²) in [5.41, 5.74) is 3.31. The van der Waals surface area contributed by atoms with Crippen LogP contribution in [0.4, 0.5) is 0 Å². The summed E-state index contributed by atoms with van der Waals surface area (Å²) in [6, 6.07) is 1.95. The fourth-order valence-corrected chi connectivity index (χ4v) is 2.95. The summed E-state index contributed by atoms with van der Waals surface area (Å²) in [5.74, 6) is 2.60. The molecule has 0 N–H and O–H groups in total. The molecule has 0 aliphatic carbocycles. The van der Waals surface area contributed by atoms with Gasteiger partial charge in [0, 0.05) is 18.1 Å². The third kappa shape index (κ3) is 1.57. The lowest BCUT2D eigenvalue weighted by atomic mass is 9.94. The first-order valence-corrected chi connectivity index (χ1v) is 6.37. The van der Waals surface area contributed by atoms with Crippen molar-refractivity contribution in [3.8, 4) is 17.2 Å². The molecule has 0 amide bonds. The monoisotopic (exact) mass is 246 g/mol. The second kappa shape index (κ2) is 4.23. The average molecular weight is 246 g/mol. The van der Waals surface area contributed by atoms with E-state index in [1.54, 1.807) is 14.2 Å². The summed E-state index contributed by atoms with van der Waals surface area (Å²) in [6.07, 6.45) is 4.38. The SMILES string of the molecule is C=C1CC2CCCc3c(OC)cc(OC)c1c3O2. The summed E-state index contributed by atoms with van der Waals surface area (Å²) in [6.45, 7) is 4.19. The molecule has 0 aromatic heterocycles. The molecule has 2 aliphatic heterocycles. The highest BCUT2D eigenvalue weighted by molar-refractivity contribution is 5.79. The number of ether oxygens (including phenoxy) is 3. The van der Waals surface area contributed by atoms with Gasteiger partial charge in [-0.2, -0.15) is 0 Å². The second-order valence-corrected chi connectivity index (χ2v) is 4.90. The lowest BCUT2D eigenvalue weighted by Gasteiger charge is -2.29. The zero-order chi connectivity index (χ0) is 12.7. The Labute approximate surface area is 107 Å². The topological polar surface area (TPSA) is 27.7 Å². The molecule has 1 aromatic carbocycles. The quantitative estimate of drug-likeness (QED) is 0.802. The third-order valence-electron chi connectivity index (χ3n) is 3.81. The van der Waals surface area contributed by atoms with Crippen LogP contribution in [0.1, 0.15) is 30.4 Å². The van der Waals surface area contributed by atoms with Crippen molar-refractivity contribution in [2.24, 2.45) is 0 Å². The van der Waals surface area contributed by atoms with E-state index in [4.69, 9.17) is 14.2 Å². The first-order chi connectivity index (χ1) is 8.74. The fourth-order valence-electron chi connectivity index (χ4n) is 2.95. The van der Waals surface area contributed by atoms with E-state index >= 15 is 0 Å². The second-order valence-electron chi connectivity index (χ2n) is 4.90. The lowest BCUT2D eigenvalue weighted by molar-refractivity contribution is 0.191.